The Morgan fingerprint density at radius 2 is 1.73 bits per heavy atom. The lowest BCUT2D eigenvalue weighted by molar-refractivity contribution is 0.553. The number of aromatic nitrogens is 1. The Kier molecular flexibility index (Phi) is 7.01. The molecule has 0 aliphatic carbocycles. The third-order valence-corrected chi connectivity index (χ3v) is 6.36. The maximum absolute atomic E-state index is 12.8. The third-order valence-electron chi connectivity index (χ3n) is 5.34. The molecule has 0 saturated carbocycles. The van der Waals surface area contributed by atoms with E-state index in [0.717, 1.165) is 42.1 Å². The maximum atomic E-state index is 12.8. The van der Waals surface area contributed by atoms with E-state index in [0.29, 0.717) is 22.2 Å². The minimum atomic E-state index is -0.469. The molecule has 0 fully saturated rings. The standard InChI is InChI=1S/C26H27N3O3S/c1-5-13-29(14-6-2)33-20-11-12-22-24(17-20)31-25(27-22)21-15-18-9-10-19(28(7-3)8-4)16-23(18)32-26(21)30/h5-6,9-12,15-17H,1-2,7-8,13-14H2,3-4H3. The molecule has 0 saturated heterocycles. The fourth-order valence-electron chi connectivity index (χ4n) is 3.70. The van der Waals surface area contributed by atoms with E-state index in [1.54, 1.807) is 18.0 Å². The van der Waals surface area contributed by atoms with Crippen LogP contribution in [-0.2, 0) is 0 Å². The zero-order chi connectivity index (χ0) is 23.4. The van der Waals surface area contributed by atoms with Crippen LogP contribution in [0.3, 0.4) is 0 Å². The molecule has 2 aromatic heterocycles. The summed E-state index contributed by atoms with van der Waals surface area (Å²) in [7, 11) is 0. The van der Waals surface area contributed by atoms with Crippen molar-refractivity contribution in [2.24, 2.45) is 0 Å². The van der Waals surface area contributed by atoms with Crippen molar-refractivity contribution in [3.63, 3.8) is 0 Å². The molecule has 2 heterocycles. The molecule has 7 heteroatoms. The molecule has 170 valence electrons. The zero-order valence-corrected chi connectivity index (χ0v) is 19.7. The summed E-state index contributed by atoms with van der Waals surface area (Å²) in [6.07, 6.45) is 3.71. The molecule has 0 aliphatic heterocycles. The Balaban J connectivity index is 1.67. The molecule has 0 aliphatic rings. The molecule has 0 radical (unpaired) electrons. The second-order valence-electron chi connectivity index (χ2n) is 7.51. The zero-order valence-electron chi connectivity index (χ0n) is 18.9. The second kappa shape index (κ2) is 10.1. The van der Waals surface area contributed by atoms with Crippen LogP contribution in [0.1, 0.15) is 13.8 Å². The van der Waals surface area contributed by atoms with Crippen molar-refractivity contribution in [3.05, 3.63) is 78.2 Å². The molecule has 0 unspecified atom stereocenters. The summed E-state index contributed by atoms with van der Waals surface area (Å²) in [6.45, 7) is 15.0. The highest BCUT2D eigenvalue weighted by Gasteiger charge is 2.16. The highest BCUT2D eigenvalue weighted by atomic mass is 32.2. The van der Waals surface area contributed by atoms with Crippen molar-refractivity contribution in [1.82, 2.24) is 9.29 Å². The van der Waals surface area contributed by atoms with E-state index in [4.69, 9.17) is 8.83 Å². The fourth-order valence-corrected chi connectivity index (χ4v) is 4.64. The predicted octanol–water partition coefficient (Wildman–Crippen LogP) is 6.13. The molecule has 4 aromatic rings. The van der Waals surface area contributed by atoms with Crippen LogP contribution in [0.2, 0.25) is 0 Å². The molecule has 0 spiro atoms. The van der Waals surface area contributed by atoms with Crippen LogP contribution in [0.25, 0.3) is 33.5 Å². The van der Waals surface area contributed by atoms with Gasteiger partial charge in [0.25, 0.3) is 0 Å². The lowest BCUT2D eigenvalue weighted by atomic mass is 10.1. The van der Waals surface area contributed by atoms with Crippen LogP contribution < -0.4 is 10.5 Å². The van der Waals surface area contributed by atoms with Crippen LogP contribution in [-0.4, -0.2) is 35.5 Å². The molecule has 4 rings (SSSR count). The summed E-state index contributed by atoms with van der Waals surface area (Å²) in [5, 5.41) is 0.823. The minimum Gasteiger partial charge on any atom is -0.436 e. The summed E-state index contributed by atoms with van der Waals surface area (Å²) >= 11 is 1.59. The number of rotatable bonds is 10. The number of oxazole rings is 1. The van der Waals surface area contributed by atoms with Crippen LogP contribution in [0, 0.1) is 0 Å². The van der Waals surface area contributed by atoms with E-state index in [-0.39, 0.29) is 5.89 Å². The van der Waals surface area contributed by atoms with E-state index in [1.807, 2.05) is 48.6 Å². The lowest BCUT2D eigenvalue weighted by Gasteiger charge is -2.20. The van der Waals surface area contributed by atoms with Crippen molar-refractivity contribution >= 4 is 39.7 Å². The van der Waals surface area contributed by atoms with Gasteiger partial charge in [0.15, 0.2) is 5.58 Å². The van der Waals surface area contributed by atoms with Gasteiger partial charge in [-0.1, -0.05) is 12.2 Å². The van der Waals surface area contributed by atoms with Gasteiger partial charge in [-0.25, -0.2) is 14.1 Å². The van der Waals surface area contributed by atoms with E-state index in [1.165, 1.54) is 0 Å². The van der Waals surface area contributed by atoms with Gasteiger partial charge in [-0.3, -0.25) is 0 Å². The van der Waals surface area contributed by atoms with Gasteiger partial charge in [0.1, 0.15) is 16.7 Å². The van der Waals surface area contributed by atoms with Gasteiger partial charge >= 0.3 is 5.63 Å². The van der Waals surface area contributed by atoms with E-state index in [9.17, 15) is 4.79 Å². The van der Waals surface area contributed by atoms with E-state index >= 15 is 0 Å². The normalized spacial score (nSPS) is 11.4. The van der Waals surface area contributed by atoms with Gasteiger partial charge in [-0.2, -0.15) is 0 Å². The van der Waals surface area contributed by atoms with Crippen molar-refractivity contribution < 1.29 is 8.83 Å². The summed E-state index contributed by atoms with van der Waals surface area (Å²) in [5.41, 5.74) is 2.71. The first-order valence-corrected chi connectivity index (χ1v) is 11.7. The number of fused-ring (bicyclic) bond motifs is 2. The Morgan fingerprint density at radius 1 is 0.970 bits per heavy atom. The first kappa shape index (κ1) is 22.9. The number of anilines is 1. The van der Waals surface area contributed by atoms with Crippen molar-refractivity contribution in [3.8, 4) is 11.5 Å². The average molecular weight is 462 g/mol. The highest BCUT2D eigenvalue weighted by molar-refractivity contribution is 7.97. The second-order valence-corrected chi connectivity index (χ2v) is 8.68. The fraction of sp³-hybridized carbons (Fsp3) is 0.231. The Morgan fingerprint density at radius 3 is 2.42 bits per heavy atom. The van der Waals surface area contributed by atoms with Gasteiger partial charge in [0.05, 0.1) is 0 Å². The third kappa shape index (κ3) is 4.89. The van der Waals surface area contributed by atoms with Crippen LogP contribution in [0.15, 0.2) is 86.3 Å². The summed E-state index contributed by atoms with van der Waals surface area (Å²) in [6, 6.07) is 13.5. The van der Waals surface area contributed by atoms with E-state index in [2.05, 4.69) is 41.2 Å². The smallest absolute Gasteiger partial charge is 0.349 e. The summed E-state index contributed by atoms with van der Waals surface area (Å²) in [4.78, 5) is 20.5. The minimum absolute atomic E-state index is 0.254. The molecule has 0 amide bonds. The van der Waals surface area contributed by atoms with Crippen LogP contribution >= 0.6 is 11.9 Å². The van der Waals surface area contributed by atoms with Gasteiger partial charge in [-0.05, 0) is 62.2 Å². The first-order valence-electron chi connectivity index (χ1n) is 10.9. The first-order chi connectivity index (χ1) is 16.1. The topological polar surface area (TPSA) is 62.7 Å². The SMILES string of the molecule is C=CCN(CC=C)Sc1ccc2nc(-c3cc4ccc(N(CC)CC)cc4oc3=O)oc2c1. The van der Waals surface area contributed by atoms with Crippen molar-refractivity contribution in [2.75, 3.05) is 31.1 Å². The molecule has 6 nitrogen and oxygen atoms in total. The van der Waals surface area contributed by atoms with Gasteiger partial charge in [0, 0.05) is 48.2 Å². The quantitative estimate of drug-likeness (QED) is 0.160. The monoisotopic (exact) mass is 461 g/mol. The molecule has 0 bridgehead atoms. The lowest BCUT2D eigenvalue weighted by Crippen LogP contribution is -2.21. The van der Waals surface area contributed by atoms with Crippen LogP contribution in [0.5, 0.6) is 0 Å². The van der Waals surface area contributed by atoms with E-state index < -0.39 is 5.63 Å². The van der Waals surface area contributed by atoms with Crippen LogP contribution in [0.4, 0.5) is 5.69 Å². The highest BCUT2D eigenvalue weighted by Crippen LogP contribution is 2.30. The molecule has 0 atom stereocenters. The van der Waals surface area contributed by atoms with Gasteiger partial charge in [0.2, 0.25) is 5.89 Å². The molecule has 33 heavy (non-hydrogen) atoms. The molecular formula is C26H27N3O3S. The molecule has 0 N–H and O–H groups in total. The average Bonchev–Trinajstić information content (AvgIpc) is 3.23. The summed E-state index contributed by atoms with van der Waals surface area (Å²) < 4.78 is 13.7. The maximum Gasteiger partial charge on any atom is 0.349 e. The Labute approximate surface area is 197 Å². The van der Waals surface area contributed by atoms with Gasteiger partial charge < -0.3 is 13.7 Å². The van der Waals surface area contributed by atoms with Crippen molar-refractivity contribution in [2.45, 2.75) is 18.7 Å². The Hall–Kier alpha value is -3.29. The molecule has 2 aromatic carbocycles. The summed E-state index contributed by atoms with van der Waals surface area (Å²) in [5.74, 6) is 0.254. The van der Waals surface area contributed by atoms with Crippen molar-refractivity contribution in [1.29, 1.82) is 0 Å². The van der Waals surface area contributed by atoms with Gasteiger partial charge in [-0.15, -0.1) is 13.2 Å². The largest absolute Gasteiger partial charge is 0.436 e. The molecular weight excluding hydrogens is 434 g/mol. The predicted molar refractivity (Wildman–Crippen MR) is 137 cm³/mol. The Bertz CT molecular complexity index is 1340. The number of hydrogen-bond acceptors (Lipinski definition) is 7. The number of benzene rings is 2. The number of hydrogen-bond donors (Lipinski definition) is 0. The number of nitrogens with zero attached hydrogens (tertiary/aromatic N) is 3.